The van der Waals surface area contributed by atoms with Gasteiger partial charge in [-0.1, -0.05) is 0 Å². The molecule has 0 spiro atoms. The Labute approximate surface area is 143 Å². The Bertz CT molecular complexity index is 838. The molecule has 0 atom stereocenters. The van der Waals surface area contributed by atoms with E-state index < -0.39 is 21.2 Å². The fraction of sp³-hybridized carbons (Fsp3) is 0.0714. The standard InChI is InChI=1S/C14H9BrN2O7/c1-23-13-5-8(7-18)4-10(15)14(13)24-12-3-2-9(16(19)20)6-11(12)17(21)22/h2-7H,1H3. The summed E-state index contributed by atoms with van der Waals surface area (Å²) in [5.74, 6) is 0.0580. The number of carbonyl (C=O) groups is 1. The summed E-state index contributed by atoms with van der Waals surface area (Å²) in [7, 11) is 1.34. The zero-order chi connectivity index (χ0) is 17.9. The lowest BCUT2D eigenvalue weighted by atomic mass is 10.2. The van der Waals surface area contributed by atoms with Gasteiger partial charge in [-0.15, -0.1) is 0 Å². The SMILES string of the molecule is COc1cc(C=O)cc(Br)c1Oc1ccc([N+](=O)[O-])cc1[N+](=O)[O-]. The van der Waals surface area contributed by atoms with Crippen LogP contribution in [0, 0.1) is 20.2 Å². The summed E-state index contributed by atoms with van der Waals surface area (Å²) >= 11 is 3.19. The normalized spacial score (nSPS) is 10.1. The molecule has 0 unspecified atom stereocenters. The summed E-state index contributed by atoms with van der Waals surface area (Å²) in [6, 6.07) is 5.85. The summed E-state index contributed by atoms with van der Waals surface area (Å²) < 4.78 is 10.9. The first-order valence-corrected chi connectivity index (χ1v) is 7.10. The number of nitro groups is 2. The van der Waals surface area contributed by atoms with E-state index in [0.29, 0.717) is 16.3 Å². The predicted molar refractivity (Wildman–Crippen MR) is 85.9 cm³/mol. The average Bonchev–Trinajstić information content (AvgIpc) is 2.56. The van der Waals surface area contributed by atoms with Gasteiger partial charge in [-0.25, -0.2) is 0 Å². The van der Waals surface area contributed by atoms with Gasteiger partial charge in [0.25, 0.3) is 5.69 Å². The van der Waals surface area contributed by atoms with Crippen molar-refractivity contribution < 1.29 is 24.1 Å². The van der Waals surface area contributed by atoms with Crippen LogP contribution in [0.4, 0.5) is 11.4 Å². The number of hydrogen-bond acceptors (Lipinski definition) is 7. The molecular formula is C14H9BrN2O7. The topological polar surface area (TPSA) is 122 Å². The second kappa shape index (κ2) is 7.04. The van der Waals surface area contributed by atoms with E-state index in [2.05, 4.69) is 15.9 Å². The molecule has 24 heavy (non-hydrogen) atoms. The number of aldehydes is 1. The van der Waals surface area contributed by atoms with E-state index in [-0.39, 0.29) is 17.2 Å². The lowest BCUT2D eigenvalue weighted by molar-refractivity contribution is -0.394. The molecular weight excluding hydrogens is 388 g/mol. The summed E-state index contributed by atoms with van der Waals surface area (Å²) in [6.07, 6.45) is 0.603. The minimum absolute atomic E-state index is 0.0973. The fourth-order valence-electron chi connectivity index (χ4n) is 1.87. The largest absolute Gasteiger partial charge is 0.493 e. The predicted octanol–water partition coefficient (Wildman–Crippen LogP) is 3.88. The van der Waals surface area contributed by atoms with Crippen LogP contribution in [0.5, 0.6) is 17.2 Å². The zero-order valence-corrected chi connectivity index (χ0v) is 13.7. The highest BCUT2D eigenvalue weighted by Gasteiger charge is 2.23. The van der Waals surface area contributed by atoms with Crippen molar-refractivity contribution in [2.75, 3.05) is 7.11 Å². The molecule has 0 fully saturated rings. The van der Waals surface area contributed by atoms with Crippen molar-refractivity contribution >= 4 is 33.6 Å². The number of benzene rings is 2. The van der Waals surface area contributed by atoms with E-state index in [1.54, 1.807) is 0 Å². The van der Waals surface area contributed by atoms with Crippen LogP contribution in [0.15, 0.2) is 34.8 Å². The quantitative estimate of drug-likeness (QED) is 0.412. The third kappa shape index (κ3) is 3.49. The summed E-state index contributed by atoms with van der Waals surface area (Å²) in [6.45, 7) is 0. The van der Waals surface area contributed by atoms with Gasteiger partial charge in [0.05, 0.1) is 27.5 Å². The second-order valence-corrected chi connectivity index (χ2v) is 5.27. The highest BCUT2D eigenvalue weighted by Crippen LogP contribution is 2.42. The first-order valence-electron chi connectivity index (χ1n) is 6.30. The van der Waals surface area contributed by atoms with E-state index in [1.165, 1.54) is 19.2 Å². The molecule has 10 heteroatoms. The molecule has 0 saturated heterocycles. The van der Waals surface area contributed by atoms with Crippen LogP contribution >= 0.6 is 15.9 Å². The zero-order valence-electron chi connectivity index (χ0n) is 12.1. The van der Waals surface area contributed by atoms with E-state index in [0.717, 1.165) is 18.2 Å². The van der Waals surface area contributed by atoms with E-state index >= 15 is 0 Å². The smallest absolute Gasteiger partial charge is 0.318 e. The third-order valence-electron chi connectivity index (χ3n) is 2.95. The van der Waals surface area contributed by atoms with Crippen molar-refractivity contribution in [2.24, 2.45) is 0 Å². The first kappa shape index (κ1) is 17.3. The maximum Gasteiger partial charge on any atom is 0.318 e. The molecule has 0 aliphatic heterocycles. The molecule has 0 aromatic heterocycles. The van der Waals surface area contributed by atoms with Crippen molar-refractivity contribution in [1.82, 2.24) is 0 Å². The van der Waals surface area contributed by atoms with Gasteiger partial charge in [-0.2, -0.15) is 0 Å². The molecule has 124 valence electrons. The Morgan fingerprint density at radius 1 is 1.08 bits per heavy atom. The van der Waals surface area contributed by atoms with Crippen molar-refractivity contribution in [2.45, 2.75) is 0 Å². The average molecular weight is 397 g/mol. The molecule has 0 amide bonds. The van der Waals surface area contributed by atoms with Crippen LogP contribution in [-0.4, -0.2) is 23.2 Å². The number of methoxy groups -OCH3 is 1. The van der Waals surface area contributed by atoms with Crippen molar-refractivity contribution in [1.29, 1.82) is 0 Å². The van der Waals surface area contributed by atoms with E-state index in [4.69, 9.17) is 9.47 Å². The second-order valence-electron chi connectivity index (χ2n) is 4.42. The maximum atomic E-state index is 11.1. The number of rotatable bonds is 6. The highest BCUT2D eigenvalue weighted by atomic mass is 79.9. The fourth-order valence-corrected chi connectivity index (χ4v) is 2.41. The Morgan fingerprint density at radius 2 is 1.79 bits per heavy atom. The molecule has 0 aliphatic rings. The molecule has 0 radical (unpaired) electrons. The molecule has 9 nitrogen and oxygen atoms in total. The van der Waals surface area contributed by atoms with Crippen LogP contribution in [0.25, 0.3) is 0 Å². The van der Waals surface area contributed by atoms with Gasteiger partial charge >= 0.3 is 5.69 Å². The van der Waals surface area contributed by atoms with Crippen LogP contribution in [-0.2, 0) is 0 Å². The van der Waals surface area contributed by atoms with Gasteiger partial charge in [0.2, 0.25) is 5.75 Å². The molecule has 0 bridgehead atoms. The lowest BCUT2D eigenvalue weighted by Gasteiger charge is -2.12. The van der Waals surface area contributed by atoms with Crippen molar-refractivity contribution in [3.63, 3.8) is 0 Å². The number of hydrogen-bond donors (Lipinski definition) is 0. The number of carbonyl (C=O) groups excluding carboxylic acids is 1. The lowest BCUT2D eigenvalue weighted by Crippen LogP contribution is -1.98. The number of nitro benzene ring substituents is 2. The van der Waals surface area contributed by atoms with E-state index in [9.17, 15) is 25.0 Å². The van der Waals surface area contributed by atoms with Crippen LogP contribution in [0.2, 0.25) is 0 Å². The maximum absolute atomic E-state index is 11.1. The Hall–Kier alpha value is -3.01. The number of non-ortho nitro benzene ring substituents is 1. The minimum Gasteiger partial charge on any atom is -0.493 e. The van der Waals surface area contributed by atoms with Crippen LogP contribution in [0.3, 0.4) is 0 Å². The van der Waals surface area contributed by atoms with Gasteiger partial charge in [-0.05, 0) is 34.1 Å². The summed E-state index contributed by atoms with van der Waals surface area (Å²) in [5, 5.41) is 21.9. The van der Waals surface area contributed by atoms with Crippen molar-refractivity contribution in [3.05, 3.63) is 60.6 Å². The molecule has 0 heterocycles. The van der Waals surface area contributed by atoms with Crippen LogP contribution in [0.1, 0.15) is 10.4 Å². The highest BCUT2D eigenvalue weighted by molar-refractivity contribution is 9.10. The molecule has 0 saturated carbocycles. The van der Waals surface area contributed by atoms with Gasteiger partial charge in [0.15, 0.2) is 11.5 Å². The van der Waals surface area contributed by atoms with Gasteiger partial charge in [0, 0.05) is 11.6 Å². The van der Waals surface area contributed by atoms with Crippen LogP contribution < -0.4 is 9.47 Å². The number of halogens is 1. The first-order chi connectivity index (χ1) is 11.4. The number of ether oxygens (including phenoxy) is 2. The minimum atomic E-state index is -0.789. The molecule has 2 aromatic carbocycles. The molecule has 2 aromatic rings. The van der Waals surface area contributed by atoms with Gasteiger partial charge < -0.3 is 9.47 Å². The Balaban J connectivity index is 2.54. The van der Waals surface area contributed by atoms with Gasteiger partial charge in [0.1, 0.15) is 6.29 Å². The summed E-state index contributed by atoms with van der Waals surface area (Å²) in [4.78, 5) is 31.2. The van der Waals surface area contributed by atoms with Gasteiger partial charge in [-0.3, -0.25) is 25.0 Å². The third-order valence-corrected chi connectivity index (χ3v) is 3.54. The number of nitrogens with zero attached hydrogens (tertiary/aromatic N) is 2. The van der Waals surface area contributed by atoms with E-state index in [1.807, 2.05) is 0 Å². The molecule has 0 N–H and O–H groups in total. The molecule has 2 rings (SSSR count). The van der Waals surface area contributed by atoms with Crippen molar-refractivity contribution in [3.8, 4) is 17.2 Å². The molecule has 0 aliphatic carbocycles. The Morgan fingerprint density at radius 3 is 2.33 bits per heavy atom. The summed E-state index contributed by atoms with van der Waals surface area (Å²) in [5.41, 5.74) is -0.696. The Kier molecular flexibility index (Phi) is 5.09. The monoisotopic (exact) mass is 396 g/mol.